The molecule has 0 spiro atoms. The Labute approximate surface area is 453 Å². The number of benzene rings is 1. The Kier molecular flexibility index (Phi) is 26.2. The van der Waals surface area contributed by atoms with Gasteiger partial charge in [-0.1, -0.05) is 112 Å². The van der Waals surface area contributed by atoms with E-state index < -0.39 is 122 Å². The normalized spacial score (nSPS) is 23.1. The van der Waals surface area contributed by atoms with Crippen LogP contribution in [-0.2, 0) is 54.3 Å². The van der Waals surface area contributed by atoms with E-state index >= 15 is 9.59 Å². The first-order valence-electron chi connectivity index (χ1n) is 27.4. The van der Waals surface area contributed by atoms with Crippen molar-refractivity contribution in [3.63, 3.8) is 0 Å². The van der Waals surface area contributed by atoms with Gasteiger partial charge in [0.05, 0.1) is 18.5 Å². The first kappa shape index (κ1) is 65.4. The third-order valence-corrected chi connectivity index (χ3v) is 14.3. The van der Waals surface area contributed by atoms with Gasteiger partial charge >= 0.3 is 18.1 Å². The summed E-state index contributed by atoms with van der Waals surface area (Å²) in [4.78, 5) is 126. The molecule has 1 saturated heterocycles. The maximum Gasteiger partial charge on any atom is 0.392 e. The number of carbonyl (C=O) groups excluding carboxylic acids is 8. The van der Waals surface area contributed by atoms with Crippen LogP contribution in [0.4, 0.5) is 13.2 Å². The summed E-state index contributed by atoms with van der Waals surface area (Å²) in [6, 6.07) is -0.355. The van der Waals surface area contributed by atoms with Crippen LogP contribution in [0.15, 0.2) is 30.5 Å². The zero-order chi connectivity index (χ0) is 57.9. The fourth-order valence-electron chi connectivity index (χ4n) is 9.59. The van der Waals surface area contributed by atoms with Gasteiger partial charge in [0, 0.05) is 52.0 Å². The van der Waals surface area contributed by atoms with E-state index in [0.29, 0.717) is 23.9 Å². The molecule has 0 aliphatic carbocycles. The molecule has 1 aliphatic rings. The minimum absolute atomic E-state index is 0.0677. The fourth-order valence-corrected chi connectivity index (χ4v) is 9.59. The van der Waals surface area contributed by atoms with Crippen LogP contribution in [0.25, 0.3) is 10.9 Å². The number of esters is 2. The molecule has 6 amide bonds. The number of nitrogens with one attached hydrogen (secondary N) is 3. The predicted molar refractivity (Wildman–Crippen MR) is 286 cm³/mol. The maximum absolute atomic E-state index is 15.2. The van der Waals surface area contributed by atoms with Gasteiger partial charge in [0.25, 0.3) is 5.91 Å². The summed E-state index contributed by atoms with van der Waals surface area (Å²) in [6.45, 7) is 15.7. The average molecular weight is 1090 g/mol. The average Bonchev–Trinajstić information content (AvgIpc) is 3.73. The van der Waals surface area contributed by atoms with Crippen molar-refractivity contribution in [2.75, 3.05) is 34.9 Å². The lowest BCUT2D eigenvalue weighted by Gasteiger charge is -2.35. The number of aromatic nitrogens is 1. The van der Waals surface area contributed by atoms with Gasteiger partial charge in [-0.3, -0.25) is 33.6 Å². The number of nitrogens with zero attached hydrogens (tertiary/aromatic N) is 4. The summed E-state index contributed by atoms with van der Waals surface area (Å²) in [5.41, 5.74) is 1.33. The number of para-hydroxylation sites is 1. The molecule has 2 unspecified atom stereocenters. The van der Waals surface area contributed by atoms with E-state index in [4.69, 9.17) is 14.3 Å². The quantitative estimate of drug-likeness (QED) is 0.103. The lowest BCUT2D eigenvalue weighted by Crippen LogP contribution is -2.60. The molecule has 434 valence electrons. The largest absolute Gasteiger partial charge is 0.465 e. The van der Waals surface area contributed by atoms with E-state index in [-0.39, 0.29) is 55.8 Å². The van der Waals surface area contributed by atoms with Gasteiger partial charge in [-0.25, -0.2) is 4.79 Å². The number of cyclic esters (lactones) is 1. The molecule has 0 saturated carbocycles. The monoisotopic (exact) mass is 1090 g/mol. The molecule has 77 heavy (non-hydrogen) atoms. The van der Waals surface area contributed by atoms with Crippen LogP contribution in [-0.4, -0.2) is 150 Å². The standard InChI is InChI=1S/C56H88F3N7O11/c1-14-16-20-36(7)30-42-52(71)63(10)38(9)55(74)77-47(24-25-48(67)76-27-26-56(57,58)59)51(70)62-43(31-37(8)21-17-15-2)54(73)64(11)45(29-35(5)6)49(68)60-41(28-34(3)4)53(72)65(12)46(50(69)61-42)32-39-33-66(75-13)44-23-19-18-22-40(39)44/h18-19,22-23,33-38,41-43,45-47H,14-17,20-21,24-32H2,1-13H3,(H,60,68)(H,61,69)(H,62,70)/t36-,37-,38?,41+,42+,43+,45+,46+,47?/m1/s1. The SMILES string of the molecule is CCCC[C@@H](C)C[C@@H]1NC(=O)[C@H](Cc2cn(OC)c3ccccc23)N(C)C(=O)[C@H](CC(C)C)NC(=O)[C@H](CC(C)C)N(C)C(=O)[C@H](C[C@H](C)CCCC)NC(=O)C(CCC(=O)OCCC(F)(F)F)OC(=O)C(C)N(C)C1=O. The first-order chi connectivity index (χ1) is 36.1. The molecule has 21 heteroatoms. The zero-order valence-electron chi connectivity index (χ0n) is 47.8. The van der Waals surface area contributed by atoms with Gasteiger partial charge < -0.3 is 45.0 Å². The van der Waals surface area contributed by atoms with Crippen molar-refractivity contribution in [2.45, 2.75) is 201 Å². The van der Waals surface area contributed by atoms with Crippen molar-refractivity contribution < 1.29 is 65.8 Å². The van der Waals surface area contributed by atoms with E-state index in [1.54, 1.807) is 10.9 Å². The van der Waals surface area contributed by atoms with Crippen LogP contribution in [0.5, 0.6) is 0 Å². The highest BCUT2D eigenvalue weighted by Gasteiger charge is 2.41. The number of hydrogen-bond donors (Lipinski definition) is 3. The van der Waals surface area contributed by atoms with Crippen molar-refractivity contribution in [3.05, 3.63) is 36.0 Å². The molecule has 0 bridgehead atoms. The molecule has 1 aliphatic heterocycles. The Morgan fingerprint density at radius 2 is 1.19 bits per heavy atom. The number of likely N-dealkylation sites (N-methyl/N-ethyl adjacent to an activating group) is 3. The summed E-state index contributed by atoms with van der Waals surface area (Å²) in [5.74, 6) is -7.22. The second-order valence-corrected chi connectivity index (χ2v) is 21.9. The van der Waals surface area contributed by atoms with Crippen LogP contribution < -0.4 is 20.8 Å². The van der Waals surface area contributed by atoms with E-state index in [2.05, 4.69) is 16.0 Å². The lowest BCUT2D eigenvalue weighted by molar-refractivity contribution is -0.166. The smallest absolute Gasteiger partial charge is 0.392 e. The van der Waals surface area contributed by atoms with Gasteiger partial charge in [-0.05, 0) is 67.9 Å². The second-order valence-electron chi connectivity index (χ2n) is 21.9. The lowest BCUT2D eigenvalue weighted by atomic mass is 9.94. The summed E-state index contributed by atoms with van der Waals surface area (Å²) < 4.78 is 50.9. The van der Waals surface area contributed by atoms with E-state index in [1.165, 1.54) is 45.0 Å². The topological polar surface area (TPSA) is 215 Å². The Balaban J connectivity index is 2.33. The molecular formula is C56H88F3N7O11. The third kappa shape index (κ3) is 20.1. The molecule has 3 N–H and O–H groups in total. The van der Waals surface area contributed by atoms with Crippen molar-refractivity contribution >= 4 is 58.3 Å². The second kappa shape index (κ2) is 30.9. The van der Waals surface area contributed by atoms with Gasteiger partial charge in [-0.2, -0.15) is 17.9 Å². The molecule has 0 radical (unpaired) electrons. The summed E-state index contributed by atoms with van der Waals surface area (Å²) in [5, 5.41) is 9.33. The number of unbranched alkanes of at least 4 members (excludes halogenated alkanes) is 2. The number of rotatable bonds is 22. The minimum atomic E-state index is -4.61. The number of amides is 6. The summed E-state index contributed by atoms with van der Waals surface area (Å²) in [7, 11) is 5.71. The number of fused-ring (bicyclic) bond motifs is 1. The molecule has 18 nitrogen and oxygen atoms in total. The van der Waals surface area contributed by atoms with Gasteiger partial charge in [0.1, 0.15) is 43.4 Å². The molecule has 2 aromatic rings. The van der Waals surface area contributed by atoms with Crippen LogP contribution in [0.3, 0.4) is 0 Å². The Morgan fingerprint density at radius 1 is 0.701 bits per heavy atom. The van der Waals surface area contributed by atoms with Crippen molar-refractivity contribution in [1.82, 2.24) is 35.4 Å². The number of hydrogen-bond acceptors (Lipinski definition) is 11. The van der Waals surface area contributed by atoms with Crippen molar-refractivity contribution in [2.24, 2.45) is 23.7 Å². The van der Waals surface area contributed by atoms with E-state index in [1.807, 2.05) is 79.7 Å². The Morgan fingerprint density at radius 3 is 1.71 bits per heavy atom. The minimum Gasteiger partial charge on any atom is -0.465 e. The van der Waals surface area contributed by atoms with E-state index in [0.717, 1.165) is 36.0 Å². The maximum atomic E-state index is 15.2. The van der Waals surface area contributed by atoms with Gasteiger partial charge in [0.2, 0.25) is 29.5 Å². The highest BCUT2D eigenvalue weighted by atomic mass is 19.4. The van der Waals surface area contributed by atoms with Crippen LogP contribution >= 0.6 is 0 Å². The van der Waals surface area contributed by atoms with Gasteiger partial charge in [-0.15, -0.1) is 0 Å². The number of halogens is 3. The van der Waals surface area contributed by atoms with Crippen LogP contribution in [0.2, 0.25) is 0 Å². The highest BCUT2D eigenvalue weighted by Crippen LogP contribution is 2.26. The Bertz CT molecular complexity index is 2290. The fraction of sp³-hybridized carbons (Fsp3) is 0.714. The van der Waals surface area contributed by atoms with Crippen molar-refractivity contribution in [1.29, 1.82) is 0 Å². The van der Waals surface area contributed by atoms with E-state index in [9.17, 15) is 41.9 Å². The summed E-state index contributed by atoms with van der Waals surface area (Å²) >= 11 is 0. The first-order valence-corrected chi connectivity index (χ1v) is 27.4. The summed E-state index contributed by atoms with van der Waals surface area (Å²) in [6.07, 6.45) is -2.35. The van der Waals surface area contributed by atoms with Crippen molar-refractivity contribution in [3.8, 4) is 0 Å². The predicted octanol–water partition coefficient (Wildman–Crippen LogP) is 6.92. The van der Waals surface area contributed by atoms with Crippen LogP contribution in [0, 0.1) is 23.7 Å². The number of alkyl halides is 3. The third-order valence-electron chi connectivity index (χ3n) is 14.3. The molecule has 1 fully saturated rings. The zero-order valence-corrected chi connectivity index (χ0v) is 47.8. The highest BCUT2D eigenvalue weighted by molar-refractivity contribution is 5.98. The number of ether oxygens (including phenoxy) is 2. The molecule has 1 aromatic heterocycles. The molecule has 1 aromatic carbocycles. The molecule has 9 atom stereocenters. The number of carbonyl (C=O) groups is 8. The van der Waals surface area contributed by atoms with Crippen LogP contribution in [0.1, 0.15) is 151 Å². The van der Waals surface area contributed by atoms with Gasteiger partial charge in [0.15, 0.2) is 6.10 Å². The molecular weight excluding hydrogens is 1000 g/mol. The molecule has 3 rings (SSSR count). The Hall–Kier alpha value is -5.89. The molecule has 2 heterocycles.